The third-order valence-corrected chi connectivity index (χ3v) is 4.91. The molecule has 148 valence electrons. The third-order valence-electron chi connectivity index (χ3n) is 4.91. The van der Waals surface area contributed by atoms with Crippen LogP contribution < -0.4 is 10.6 Å². The second-order valence-corrected chi connectivity index (χ2v) is 7.12. The van der Waals surface area contributed by atoms with Gasteiger partial charge in [0.1, 0.15) is 12.7 Å². The zero-order chi connectivity index (χ0) is 20.2. The van der Waals surface area contributed by atoms with Gasteiger partial charge in [-0.25, -0.2) is 9.67 Å². The van der Waals surface area contributed by atoms with E-state index in [-0.39, 0.29) is 0 Å². The highest BCUT2D eigenvalue weighted by Crippen LogP contribution is 2.22. The van der Waals surface area contributed by atoms with E-state index < -0.39 is 11.8 Å². The Morgan fingerprint density at radius 3 is 2.41 bits per heavy atom. The number of aromatic nitrogens is 3. The third kappa shape index (κ3) is 4.49. The van der Waals surface area contributed by atoms with Gasteiger partial charge in [0.25, 0.3) is 0 Å². The molecule has 0 saturated heterocycles. The summed E-state index contributed by atoms with van der Waals surface area (Å²) in [4.78, 5) is 30.7. The van der Waals surface area contributed by atoms with Gasteiger partial charge in [-0.1, -0.05) is 6.07 Å². The summed E-state index contributed by atoms with van der Waals surface area (Å²) in [5, 5.41) is 9.34. The van der Waals surface area contributed by atoms with Gasteiger partial charge in [0.05, 0.1) is 5.69 Å². The summed E-state index contributed by atoms with van der Waals surface area (Å²) in [5.41, 5.74) is 4.44. The standard InChI is InChI=1S/C21H22N6O2/c1-26-10-2-3-15-4-5-18(11-16(15)12-26)25-21(29)20(28)24-17-6-8-19(9-7-17)27-14-22-13-23-27/h4-9,11,13-14H,2-3,10,12H2,1H3,(H,24,28)(H,25,29). The molecule has 0 atom stereocenters. The molecular weight excluding hydrogens is 368 g/mol. The van der Waals surface area contributed by atoms with Crippen LogP contribution in [0.1, 0.15) is 17.5 Å². The van der Waals surface area contributed by atoms with E-state index in [0.717, 1.165) is 31.6 Å². The zero-order valence-electron chi connectivity index (χ0n) is 16.1. The topological polar surface area (TPSA) is 92.2 Å². The van der Waals surface area contributed by atoms with Crippen molar-refractivity contribution in [2.75, 3.05) is 24.2 Å². The molecule has 1 aromatic heterocycles. The molecule has 2 heterocycles. The monoisotopic (exact) mass is 390 g/mol. The number of amides is 2. The fourth-order valence-corrected chi connectivity index (χ4v) is 3.42. The van der Waals surface area contributed by atoms with Crippen LogP contribution in [0.15, 0.2) is 55.1 Å². The predicted octanol–water partition coefficient (Wildman–Crippen LogP) is 2.22. The van der Waals surface area contributed by atoms with Gasteiger partial charge in [0.2, 0.25) is 0 Å². The van der Waals surface area contributed by atoms with Crippen molar-refractivity contribution in [3.63, 3.8) is 0 Å². The molecule has 0 radical (unpaired) electrons. The van der Waals surface area contributed by atoms with E-state index in [1.807, 2.05) is 18.2 Å². The summed E-state index contributed by atoms with van der Waals surface area (Å²) in [5.74, 6) is -1.42. The predicted molar refractivity (Wildman–Crippen MR) is 110 cm³/mol. The van der Waals surface area contributed by atoms with Gasteiger partial charge in [0, 0.05) is 17.9 Å². The number of aryl methyl sites for hydroxylation is 1. The van der Waals surface area contributed by atoms with Crippen LogP contribution in [0.25, 0.3) is 5.69 Å². The fourth-order valence-electron chi connectivity index (χ4n) is 3.42. The van der Waals surface area contributed by atoms with Crippen molar-refractivity contribution in [1.82, 2.24) is 19.7 Å². The summed E-state index contributed by atoms with van der Waals surface area (Å²) in [7, 11) is 2.09. The van der Waals surface area contributed by atoms with Crippen molar-refractivity contribution in [1.29, 1.82) is 0 Å². The Kier molecular flexibility index (Phi) is 5.35. The highest BCUT2D eigenvalue weighted by molar-refractivity contribution is 6.43. The number of nitrogens with one attached hydrogen (secondary N) is 2. The highest BCUT2D eigenvalue weighted by atomic mass is 16.2. The quantitative estimate of drug-likeness (QED) is 0.669. The van der Waals surface area contributed by atoms with Crippen molar-refractivity contribution in [3.8, 4) is 5.69 Å². The molecule has 1 aliphatic heterocycles. The molecule has 4 rings (SSSR count). The zero-order valence-corrected chi connectivity index (χ0v) is 16.1. The number of carbonyl (C=O) groups is 2. The molecule has 2 N–H and O–H groups in total. The Hall–Kier alpha value is -3.52. The van der Waals surface area contributed by atoms with Crippen molar-refractivity contribution in [3.05, 3.63) is 66.2 Å². The van der Waals surface area contributed by atoms with Gasteiger partial charge in [0.15, 0.2) is 0 Å². The van der Waals surface area contributed by atoms with Gasteiger partial charge in [-0.3, -0.25) is 9.59 Å². The largest absolute Gasteiger partial charge is 0.318 e. The maximum atomic E-state index is 12.3. The van der Waals surface area contributed by atoms with Crippen LogP contribution in [0, 0.1) is 0 Å². The summed E-state index contributed by atoms with van der Waals surface area (Å²) >= 11 is 0. The molecule has 0 unspecified atom stereocenters. The summed E-state index contributed by atoms with van der Waals surface area (Å²) in [6, 6.07) is 12.8. The van der Waals surface area contributed by atoms with Gasteiger partial charge in [-0.15, -0.1) is 0 Å². The van der Waals surface area contributed by atoms with Crippen LogP contribution in [0.3, 0.4) is 0 Å². The number of carbonyl (C=O) groups excluding carboxylic acids is 2. The van der Waals surface area contributed by atoms with Crippen molar-refractivity contribution >= 4 is 23.2 Å². The van der Waals surface area contributed by atoms with E-state index in [2.05, 4.69) is 32.7 Å². The lowest BCUT2D eigenvalue weighted by atomic mass is 10.0. The Morgan fingerprint density at radius 2 is 1.69 bits per heavy atom. The van der Waals surface area contributed by atoms with Gasteiger partial charge in [-0.2, -0.15) is 5.10 Å². The maximum absolute atomic E-state index is 12.3. The number of rotatable bonds is 3. The Balaban J connectivity index is 1.39. The van der Waals surface area contributed by atoms with Crippen molar-refractivity contribution in [2.24, 2.45) is 0 Å². The fraction of sp³-hybridized carbons (Fsp3) is 0.238. The number of hydrogen-bond acceptors (Lipinski definition) is 5. The van der Waals surface area contributed by atoms with Crippen LogP contribution in [0.2, 0.25) is 0 Å². The Labute approximate surface area is 168 Å². The molecule has 0 aliphatic carbocycles. The number of hydrogen-bond donors (Lipinski definition) is 2. The molecule has 0 spiro atoms. The smallest absolute Gasteiger partial charge is 0.314 e. The molecule has 0 bridgehead atoms. The molecule has 2 amide bonds. The van der Waals surface area contributed by atoms with Crippen LogP contribution in [-0.2, 0) is 22.6 Å². The van der Waals surface area contributed by atoms with Crippen LogP contribution >= 0.6 is 0 Å². The lowest BCUT2D eigenvalue weighted by Gasteiger charge is -2.14. The maximum Gasteiger partial charge on any atom is 0.314 e. The van der Waals surface area contributed by atoms with Gasteiger partial charge >= 0.3 is 11.8 Å². The first kappa shape index (κ1) is 18.8. The number of fused-ring (bicyclic) bond motifs is 1. The Bertz CT molecular complexity index is 1010. The molecule has 0 fully saturated rings. The molecule has 29 heavy (non-hydrogen) atoms. The van der Waals surface area contributed by atoms with E-state index in [1.165, 1.54) is 17.5 Å². The van der Waals surface area contributed by atoms with Crippen LogP contribution in [0.4, 0.5) is 11.4 Å². The summed E-state index contributed by atoms with van der Waals surface area (Å²) < 4.78 is 1.61. The van der Waals surface area contributed by atoms with Crippen LogP contribution in [-0.4, -0.2) is 45.1 Å². The minimum Gasteiger partial charge on any atom is -0.318 e. The second kappa shape index (κ2) is 8.24. The molecule has 2 aromatic carbocycles. The lowest BCUT2D eigenvalue weighted by Crippen LogP contribution is -2.29. The lowest BCUT2D eigenvalue weighted by molar-refractivity contribution is -0.132. The average Bonchev–Trinajstić information content (AvgIpc) is 3.18. The average molecular weight is 390 g/mol. The Morgan fingerprint density at radius 1 is 0.966 bits per heavy atom. The van der Waals surface area contributed by atoms with Crippen molar-refractivity contribution < 1.29 is 9.59 Å². The molecule has 3 aromatic rings. The first-order valence-electron chi connectivity index (χ1n) is 9.46. The molecule has 8 heteroatoms. The normalized spacial score (nSPS) is 14.0. The second-order valence-electron chi connectivity index (χ2n) is 7.12. The summed E-state index contributed by atoms with van der Waals surface area (Å²) in [6.07, 6.45) is 5.17. The molecule has 8 nitrogen and oxygen atoms in total. The van der Waals surface area contributed by atoms with E-state index in [0.29, 0.717) is 11.4 Å². The molecular formula is C21H22N6O2. The van der Waals surface area contributed by atoms with E-state index in [1.54, 1.807) is 35.3 Å². The number of anilines is 2. The van der Waals surface area contributed by atoms with E-state index in [4.69, 9.17) is 0 Å². The number of benzene rings is 2. The van der Waals surface area contributed by atoms with Crippen molar-refractivity contribution in [2.45, 2.75) is 19.4 Å². The molecule has 1 aliphatic rings. The first-order chi connectivity index (χ1) is 14.1. The van der Waals surface area contributed by atoms with Gasteiger partial charge in [-0.05, 0) is 74.0 Å². The minimum atomic E-state index is -0.717. The van der Waals surface area contributed by atoms with Gasteiger partial charge < -0.3 is 15.5 Å². The SMILES string of the molecule is CN1CCCc2ccc(NC(=O)C(=O)Nc3ccc(-n4cncn4)cc3)cc2C1. The van der Waals surface area contributed by atoms with E-state index in [9.17, 15) is 9.59 Å². The molecule has 0 saturated carbocycles. The summed E-state index contributed by atoms with van der Waals surface area (Å²) in [6.45, 7) is 1.89. The van der Waals surface area contributed by atoms with Crippen LogP contribution in [0.5, 0.6) is 0 Å². The highest BCUT2D eigenvalue weighted by Gasteiger charge is 2.16. The first-order valence-corrected chi connectivity index (χ1v) is 9.46. The van der Waals surface area contributed by atoms with E-state index >= 15 is 0 Å². The number of nitrogens with zero attached hydrogens (tertiary/aromatic N) is 4. The minimum absolute atomic E-state index is 0.526.